The highest BCUT2D eigenvalue weighted by Gasteiger charge is 2.25. The Morgan fingerprint density at radius 2 is 1.94 bits per heavy atom. The van der Waals surface area contributed by atoms with Crippen LogP contribution in [-0.2, 0) is 0 Å². The molecule has 16 heavy (non-hydrogen) atoms. The molecule has 2 rings (SSSR count). The summed E-state index contributed by atoms with van der Waals surface area (Å²) in [5.74, 6) is -0.637. The van der Waals surface area contributed by atoms with Crippen LogP contribution in [0.25, 0.3) is 0 Å². The van der Waals surface area contributed by atoms with Crippen LogP contribution in [-0.4, -0.2) is 23.9 Å². The lowest BCUT2D eigenvalue weighted by Gasteiger charge is -2.24. The highest BCUT2D eigenvalue weighted by Crippen LogP contribution is 2.24. The van der Waals surface area contributed by atoms with Crippen molar-refractivity contribution in [2.24, 2.45) is 0 Å². The topological polar surface area (TPSA) is 20.3 Å². The Morgan fingerprint density at radius 3 is 2.56 bits per heavy atom. The zero-order valence-corrected chi connectivity index (χ0v) is 9.45. The van der Waals surface area contributed by atoms with Gasteiger partial charge in [0.25, 0.3) is 5.91 Å². The minimum absolute atomic E-state index is 0.178. The van der Waals surface area contributed by atoms with Gasteiger partial charge < -0.3 is 4.90 Å². The summed E-state index contributed by atoms with van der Waals surface area (Å²) in [6, 6.07) is 6.45. The normalized spacial score (nSPS) is 16.4. The molecule has 1 aliphatic carbocycles. The van der Waals surface area contributed by atoms with E-state index >= 15 is 0 Å². The maximum absolute atomic E-state index is 13.4. The number of halogens is 1. The second-order valence-electron chi connectivity index (χ2n) is 4.33. The van der Waals surface area contributed by atoms with Gasteiger partial charge in [0, 0.05) is 13.1 Å². The summed E-state index contributed by atoms with van der Waals surface area (Å²) < 4.78 is 13.4. The highest BCUT2D eigenvalue weighted by molar-refractivity contribution is 5.94. The van der Waals surface area contributed by atoms with Crippen molar-refractivity contribution in [1.82, 2.24) is 4.90 Å². The molecule has 86 valence electrons. The second kappa shape index (κ2) is 4.64. The van der Waals surface area contributed by atoms with Crippen molar-refractivity contribution in [1.29, 1.82) is 0 Å². The van der Waals surface area contributed by atoms with Crippen molar-refractivity contribution in [3.8, 4) is 0 Å². The largest absolute Gasteiger partial charge is 0.339 e. The van der Waals surface area contributed by atoms with E-state index < -0.39 is 5.82 Å². The van der Waals surface area contributed by atoms with Gasteiger partial charge in [0.1, 0.15) is 5.82 Å². The van der Waals surface area contributed by atoms with Crippen molar-refractivity contribution in [3.05, 3.63) is 35.6 Å². The molecule has 1 amide bonds. The molecule has 0 spiro atoms. The summed E-state index contributed by atoms with van der Waals surface area (Å²) in [5, 5.41) is 0. The van der Waals surface area contributed by atoms with Crippen molar-refractivity contribution >= 4 is 5.91 Å². The third-order valence-electron chi connectivity index (χ3n) is 3.30. The number of nitrogens with zero attached hydrogens (tertiary/aromatic N) is 1. The van der Waals surface area contributed by atoms with E-state index in [0.717, 1.165) is 12.8 Å². The molecule has 3 heteroatoms. The number of carbonyl (C=O) groups is 1. The Hall–Kier alpha value is -1.38. The molecule has 2 nitrogen and oxygen atoms in total. The van der Waals surface area contributed by atoms with Gasteiger partial charge in [-0.1, -0.05) is 25.0 Å². The van der Waals surface area contributed by atoms with Crippen LogP contribution >= 0.6 is 0 Å². The molecule has 0 radical (unpaired) electrons. The number of amides is 1. The Balaban J connectivity index is 2.15. The molecule has 1 aromatic rings. The number of rotatable bonds is 2. The van der Waals surface area contributed by atoms with Crippen LogP contribution in [0.2, 0.25) is 0 Å². The summed E-state index contributed by atoms with van der Waals surface area (Å²) in [6.45, 7) is 0. The molecule has 0 heterocycles. The SMILES string of the molecule is CN(C(=O)c1ccccc1F)C1CCCC1. The lowest BCUT2D eigenvalue weighted by molar-refractivity contribution is 0.0730. The summed E-state index contributed by atoms with van der Waals surface area (Å²) in [6.07, 6.45) is 4.41. The zero-order valence-electron chi connectivity index (χ0n) is 9.45. The Morgan fingerprint density at radius 1 is 1.31 bits per heavy atom. The molecular weight excluding hydrogens is 205 g/mol. The van der Waals surface area contributed by atoms with Crippen LogP contribution in [0.5, 0.6) is 0 Å². The van der Waals surface area contributed by atoms with Crippen LogP contribution in [0, 0.1) is 5.82 Å². The molecule has 1 saturated carbocycles. The summed E-state index contributed by atoms with van der Waals surface area (Å²) in [4.78, 5) is 13.7. The van der Waals surface area contributed by atoms with Crippen LogP contribution < -0.4 is 0 Å². The van der Waals surface area contributed by atoms with Gasteiger partial charge in [-0.25, -0.2) is 4.39 Å². The van der Waals surface area contributed by atoms with Crippen molar-refractivity contribution in [2.75, 3.05) is 7.05 Å². The van der Waals surface area contributed by atoms with Crippen molar-refractivity contribution < 1.29 is 9.18 Å². The molecule has 1 aliphatic rings. The fourth-order valence-electron chi connectivity index (χ4n) is 2.28. The van der Waals surface area contributed by atoms with Gasteiger partial charge in [0.15, 0.2) is 0 Å². The van der Waals surface area contributed by atoms with E-state index in [0.29, 0.717) is 0 Å². The first-order chi connectivity index (χ1) is 7.70. The monoisotopic (exact) mass is 221 g/mol. The number of hydrogen-bond acceptors (Lipinski definition) is 1. The highest BCUT2D eigenvalue weighted by atomic mass is 19.1. The maximum atomic E-state index is 13.4. The quantitative estimate of drug-likeness (QED) is 0.752. The summed E-state index contributed by atoms with van der Waals surface area (Å²) in [7, 11) is 1.77. The third-order valence-corrected chi connectivity index (χ3v) is 3.30. The van der Waals surface area contributed by atoms with Crippen LogP contribution in [0.4, 0.5) is 4.39 Å². The van der Waals surface area contributed by atoms with Crippen LogP contribution in [0.15, 0.2) is 24.3 Å². The Kier molecular flexibility index (Phi) is 3.22. The molecule has 0 N–H and O–H groups in total. The second-order valence-corrected chi connectivity index (χ2v) is 4.33. The van der Waals surface area contributed by atoms with Gasteiger partial charge in [0.2, 0.25) is 0 Å². The van der Waals surface area contributed by atoms with Gasteiger partial charge in [-0.15, -0.1) is 0 Å². The number of carbonyl (C=O) groups excluding carboxylic acids is 1. The summed E-state index contributed by atoms with van der Waals surface area (Å²) in [5.41, 5.74) is 0.178. The van der Waals surface area contributed by atoms with Crippen molar-refractivity contribution in [3.63, 3.8) is 0 Å². The first kappa shape index (κ1) is 11.1. The third kappa shape index (κ3) is 2.08. The minimum Gasteiger partial charge on any atom is -0.339 e. The lowest BCUT2D eigenvalue weighted by atomic mass is 10.1. The number of hydrogen-bond donors (Lipinski definition) is 0. The van der Waals surface area contributed by atoms with Crippen molar-refractivity contribution in [2.45, 2.75) is 31.7 Å². The lowest BCUT2D eigenvalue weighted by Crippen LogP contribution is -2.35. The van der Waals surface area contributed by atoms with E-state index in [-0.39, 0.29) is 17.5 Å². The molecule has 0 saturated heterocycles. The van der Waals surface area contributed by atoms with Gasteiger partial charge in [-0.2, -0.15) is 0 Å². The maximum Gasteiger partial charge on any atom is 0.256 e. The molecule has 0 aliphatic heterocycles. The van der Waals surface area contributed by atoms with E-state index in [1.807, 2.05) is 0 Å². The van der Waals surface area contributed by atoms with E-state index in [1.165, 1.54) is 18.9 Å². The van der Waals surface area contributed by atoms with Gasteiger partial charge in [-0.05, 0) is 25.0 Å². The smallest absolute Gasteiger partial charge is 0.256 e. The zero-order chi connectivity index (χ0) is 11.5. The van der Waals surface area contributed by atoms with Gasteiger partial charge in [0.05, 0.1) is 5.56 Å². The standard InChI is InChI=1S/C13H16FNO/c1-15(10-6-2-3-7-10)13(16)11-8-4-5-9-12(11)14/h4-5,8-10H,2-3,6-7H2,1H3. The average molecular weight is 221 g/mol. The predicted molar refractivity (Wildman–Crippen MR) is 60.7 cm³/mol. The van der Waals surface area contributed by atoms with E-state index in [1.54, 1.807) is 30.1 Å². The van der Waals surface area contributed by atoms with Gasteiger partial charge >= 0.3 is 0 Å². The molecule has 1 aromatic carbocycles. The number of benzene rings is 1. The fourth-order valence-corrected chi connectivity index (χ4v) is 2.28. The minimum atomic E-state index is -0.433. The Labute approximate surface area is 95.1 Å². The van der Waals surface area contributed by atoms with Gasteiger partial charge in [-0.3, -0.25) is 4.79 Å². The summed E-state index contributed by atoms with van der Waals surface area (Å²) >= 11 is 0. The predicted octanol–water partition coefficient (Wildman–Crippen LogP) is 2.84. The van der Waals surface area contributed by atoms with Crippen LogP contribution in [0.1, 0.15) is 36.0 Å². The van der Waals surface area contributed by atoms with Crippen LogP contribution in [0.3, 0.4) is 0 Å². The molecule has 0 aromatic heterocycles. The Bertz CT molecular complexity index is 385. The molecule has 0 atom stereocenters. The molecule has 0 bridgehead atoms. The molecule has 1 fully saturated rings. The fraction of sp³-hybridized carbons (Fsp3) is 0.462. The molecular formula is C13H16FNO. The molecule has 0 unspecified atom stereocenters. The average Bonchev–Trinajstić information content (AvgIpc) is 2.81. The van der Waals surface area contributed by atoms with E-state index in [2.05, 4.69) is 0 Å². The first-order valence-corrected chi connectivity index (χ1v) is 5.72. The first-order valence-electron chi connectivity index (χ1n) is 5.72. The van der Waals surface area contributed by atoms with E-state index in [9.17, 15) is 9.18 Å². The van der Waals surface area contributed by atoms with E-state index in [4.69, 9.17) is 0 Å².